The molecule has 0 saturated heterocycles. The number of primary sulfonamides is 1. The number of nitrogens with two attached hydrogens (primary N) is 1. The van der Waals surface area contributed by atoms with E-state index < -0.39 is 10.0 Å². The van der Waals surface area contributed by atoms with Crippen molar-refractivity contribution in [1.29, 1.82) is 0 Å². The molecular weight excluding hydrogens is 224 g/mol. The maximum atomic E-state index is 11.0. The molecular formula is C11H16N2O2S. The first-order valence-corrected chi connectivity index (χ1v) is 7.06. The molecule has 0 radical (unpaired) electrons. The zero-order chi connectivity index (χ0) is 11.6. The third-order valence-corrected chi connectivity index (χ3v) is 3.27. The molecule has 4 nitrogen and oxygen atoms in total. The van der Waals surface area contributed by atoms with Gasteiger partial charge in [0.1, 0.15) is 0 Å². The fourth-order valence-electron chi connectivity index (χ4n) is 1.61. The minimum Gasteiger partial charge on any atom is -0.310 e. The maximum Gasteiger partial charge on any atom is 0.213 e. The molecule has 0 aromatic heterocycles. The summed E-state index contributed by atoms with van der Waals surface area (Å²) in [6.45, 7) is 0.795. The quantitative estimate of drug-likeness (QED) is 0.797. The molecule has 0 bridgehead atoms. The zero-order valence-corrected chi connectivity index (χ0v) is 9.83. The number of sulfonamides is 1. The summed E-state index contributed by atoms with van der Waals surface area (Å²) < 4.78 is 21.9. The van der Waals surface area contributed by atoms with Crippen LogP contribution in [0.15, 0.2) is 24.3 Å². The molecule has 0 spiro atoms. The minimum absolute atomic E-state index is 0.0930. The van der Waals surface area contributed by atoms with Crippen molar-refractivity contribution in [3.8, 4) is 0 Å². The first-order chi connectivity index (χ1) is 7.53. The third kappa shape index (κ3) is 3.92. The monoisotopic (exact) mass is 240 g/mol. The van der Waals surface area contributed by atoms with Crippen LogP contribution in [0, 0.1) is 0 Å². The number of benzene rings is 1. The van der Waals surface area contributed by atoms with Crippen LogP contribution in [-0.2, 0) is 22.3 Å². The summed E-state index contributed by atoms with van der Waals surface area (Å²) in [7, 11) is -3.43. The maximum absolute atomic E-state index is 11.0. The molecule has 1 aromatic rings. The minimum atomic E-state index is -3.43. The van der Waals surface area contributed by atoms with E-state index in [9.17, 15) is 8.42 Å². The van der Waals surface area contributed by atoms with Gasteiger partial charge in [0, 0.05) is 12.6 Å². The fraction of sp³-hybridized carbons (Fsp3) is 0.455. The second kappa shape index (κ2) is 4.53. The number of nitrogens with one attached hydrogen (secondary N) is 1. The molecule has 0 aliphatic heterocycles. The second-order valence-corrected chi connectivity index (χ2v) is 5.90. The van der Waals surface area contributed by atoms with Crippen LogP contribution in [0.25, 0.3) is 0 Å². The van der Waals surface area contributed by atoms with E-state index in [1.165, 1.54) is 12.8 Å². The van der Waals surface area contributed by atoms with Crippen LogP contribution < -0.4 is 10.5 Å². The van der Waals surface area contributed by atoms with Gasteiger partial charge in [-0.3, -0.25) is 0 Å². The lowest BCUT2D eigenvalue weighted by Gasteiger charge is -2.05. The molecule has 0 amide bonds. The van der Waals surface area contributed by atoms with E-state index in [1.54, 1.807) is 6.07 Å². The Morgan fingerprint density at radius 3 is 2.62 bits per heavy atom. The first kappa shape index (κ1) is 11.6. The van der Waals surface area contributed by atoms with Gasteiger partial charge in [-0.25, -0.2) is 13.6 Å². The largest absolute Gasteiger partial charge is 0.310 e. The van der Waals surface area contributed by atoms with Crippen LogP contribution in [0.2, 0.25) is 0 Å². The van der Waals surface area contributed by atoms with E-state index >= 15 is 0 Å². The van der Waals surface area contributed by atoms with Crippen molar-refractivity contribution in [2.24, 2.45) is 5.14 Å². The normalized spacial score (nSPS) is 16.3. The van der Waals surface area contributed by atoms with Crippen molar-refractivity contribution < 1.29 is 8.42 Å². The van der Waals surface area contributed by atoms with Crippen molar-refractivity contribution in [2.45, 2.75) is 31.2 Å². The van der Waals surface area contributed by atoms with Crippen LogP contribution >= 0.6 is 0 Å². The van der Waals surface area contributed by atoms with Crippen molar-refractivity contribution in [3.05, 3.63) is 35.4 Å². The van der Waals surface area contributed by atoms with E-state index in [1.807, 2.05) is 18.2 Å². The molecule has 5 heteroatoms. The molecule has 88 valence electrons. The van der Waals surface area contributed by atoms with Gasteiger partial charge in [-0.15, -0.1) is 0 Å². The smallest absolute Gasteiger partial charge is 0.213 e. The molecule has 1 aliphatic rings. The van der Waals surface area contributed by atoms with Crippen molar-refractivity contribution in [2.75, 3.05) is 0 Å². The van der Waals surface area contributed by atoms with Gasteiger partial charge >= 0.3 is 0 Å². The molecule has 1 aliphatic carbocycles. The molecule has 16 heavy (non-hydrogen) atoms. The predicted molar refractivity (Wildman–Crippen MR) is 63.1 cm³/mol. The summed E-state index contributed by atoms with van der Waals surface area (Å²) in [5, 5.41) is 8.39. The number of rotatable bonds is 5. The number of hydrogen-bond donors (Lipinski definition) is 2. The van der Waals surface area contributed by atoms with Crippen LogP contribution in [0.5, 0.6) is 0 Å². The van der Waals surface area contributed by atoms with Crippen molar-refractivity contribution >= 4 is 10.0 Å². The Morgan fingerprint density at radius 2 is 2.00 bits per heavy atom. The highest BCUT2D eigenvalue weighted by Gasteiger charge is 2.19. The lowest BCUT2D eigenvalue weighted by atomic mass is 10.1. The van der Waals surface area contributed by atoms with E-state index in [4.69, 9.17) is 5.14 Å². The van der Waals surface area contributed by atoms with E-state index in [0.717, 1.165) is 17.7 Å². The Balaban J connectivity index is 2.00. The van der Waals surface area contributed by atoms with Crippen LogP contribution in [0.1, 0.15) is 24.0 Å². The van der Waals surface area contributed by atoms with Gasteiger partial charge in [-0.1, -0.05) is 24.3 Å². The highest BCUT2D eigenvalue weighted by Crippen LogP contribution is 2.19. The summed E-state index contributed by atoms with van der Waals surface area (Å²) in [5.41, 5.74) is 1.85. The van der Waals surface area contributed by atoms with Gasteiger partial charge in [0.05, 0.1) is 5.75 Å². The van der Waals surface area contributed by atoms with Gasteiger partial charge in [0.15, 0.2) is 0 Å². The van der Waals surface area contributed by atoms with E-state index in [2.05, 4.69) is 5.32 Å². The SMILES string of the molecule is NS(=O)(=O)Cc1cccc(CNC2CC2)c1. The Hall–Kier alpha value is -0.910. The number of hydrogen-bond acceptors (Lipinski definition) is 3. The fourth-order valence-corrected chi connectivity index (χ4v) is 2.26. The average molecular weight is 240 g/mol. The van der Waals surface area contributed by atoms with Crippen molar-refractivity contribution in [1.82, 2.24) is 5.32 Å². The highest BCUT2D eigenvalue weighted by atomic mass is 32.2. The molecule has 1 saturated carbocycles. The van der Waals surface area contributed by atoms with Gasteiger partial charge in [0.25, 0.3) is 0 Å². The summed E-state index contributed by atoms with van der Waals surface area (Å²) in [6.07, 6.45) is 2.49. The Morgan fingerprint density at radius 1 is 1.31 bits per heavy atom. The second-order valence-electron chi connectivity index (χ2n) is 4.28. The topological polar surface area (TPSA) is 72.2 Å². The Labute approximate surface area is 95.9 Å². The average Bonchev–Trinajstić information content (AvgIpc) is 2.96. The summed E-state index contributed by atoms with van der Waals surface area (Å²) in [5.74, 6) is -0.0930. The lowest BCUT2D eigenvalue weighted by molar-refractivity contribution is 0.597. The van der Waals surface area contributed by atoms with E-state index in [-0.39, 0.29) is 5.75 Å². The van der Waals surface area contributed by atoms with E-state index in [0.29, 0.717) is 6.04 Å². The van der Waals surface area contributed by atoms with Crippen LogP contribution in [0.3, 0.4) is 0 Å². The van der Waals surface area contributed by atoms with Gasteiger partial charge in [0.2, 0.25) is 10.0 Å². The Bertz CT molecular complexity index is 467. The lowest BCUT2D eigenvalue weighted by Crippen LogP contribution is -2.16. The summed E-state index contributed by atoms with van der Waals surface area (Å²) in [4.78, 5) is 0. The Kier molecular flexibility index (Phi) is 3.28. The van der Waals surface area contributed by atoms with Gasteiger partial charge in [-0.05, 0) is 24.0 Å². The third-order valence-electron chi connectivity index (χ3n) is 2.53. The molecule has 3 N–H and O–H groups in total. The van der Waals surface area contributed by atoms with Crippen molar-refractivity contribution in [3.63, 3.8) is 0 Å². The van der Waals surface area contributed by atoms with Gasteiger partial charge < -0.3 is 5.32 Å². The molecule has 0 heterocycles. The summed E-state index contributed by atoms with van der Waals surface area (Å²) in [6, 6.07) is 8.18. The molecule has 2 rings (SSSR count). The summed E-state index contributed by atoms with van der Waals surface area (Å²) >= 11 is 0. The zero-order valence-electron chi connectivity index (χ0n) is 9.02. The molecule has 1 aromatic carbocycles. The highest BCUT2D eigenvalue weighted by molar-refractivity contribution is 7.88. The molecule has 0 atom stereocenters. The first-order valence-electron chi connectivity index (χ1n) is 5.34. The molecule has 0 unspecified atom stereocenters. The van der Waals surface area contributed by atoms with Crippen LogP contribution in [0.4, 0.5) is 0 Å². The predicted octanol–water partition coefficient (Wildman–Crippen LogP) is 0.727. The van der Waals surface area contributed by atoms with Gasteiger partial charge in [-0.2, -0.15) is 0 Å². The standard InChI is InChI=1S/C11H16N2O2S/c12-16(14,15)8-10-3-1-2-9(6-10)7-13-11-4-5-11/h1-3,6,11,13H,4-5,7-8H2,(H2,12,14,15). The van der Waals surface area contributed by atoms with Crippen LogP contribution in [-0.4, -0.2) is 14.5 Å². The molecule has 1 fully saturated rings.